The number of hydrogen-bond acceptors (Lipinski definition) is 3. The van der Waals surface area contributed by atoms with Crippen LogP contribution in [-0.2, 0) is 10.0 Å². The summed E-state index contributed by atoms with van der Waals surface area (Å²) in [5, 5.41) is -0.127. The molecule has 2 unspecified atom stereocenters. The van der Waals surface area contributed by atoms with Gasteiger partial charge in [-0.1, -0.05) is 18.5 Å². The smallest absolute Gasteiger partial charge is 0.266 e. The first-order valence-electron chi connectivity index (χ1n) is 5.79. The van der Waals surface area contributed by atoms with Crippen LogP contribution in [0.4, 0.5) is 0 Å². The molecule has 0 aromatic carbocycles. The fraction of sp³-hybridized carbons (Fsp3) is 0.545. The molecule has 0 aliphatic heterocycles. The minimum absolute atomic E-state index is 0.00773. The van der Waals surface area contributed by atoms with Gasteiger partial charge >= 0.3 is 0 Å². The highest BCUT2D eigenvalue weighted by Gasteiger charge is 2.26. The van der Waals surface area contributed by atoms with Crippen LogP contribution in [0, 0.1) is 5.92 Å². The maximum Gasteiger partial charge on any atom is 0.266 e. The minimum atomic E-state index is -3.61. The van der Waals surface area contributed by atoms with Gasteiger partial charge in [0.05, 0.1) is 4.90 Å². The van der Waals surface area contributed by atoms with E-state index in [9.17, 15) is 13.2 Å². The third kappa shape index (κ3) is 2.93. The predicted octanol–water partition coefficient (Wildman–Crippen LogP) is 1.50. The van der Waals surface area contributed by atoms with Crippen LogP contribution in [0.5, 0.6) is 0 Å². The number of nitrogens with one attached hydrogen (secondary N) is 2. The van der Waals surface area contributed by atoms with Crippen molar-refractivity contribution in [3.8, 4) is 0 Å². The lowest BCUT2D eigenvalue weighted by atomic mass is 10.1. The summed E-state index contributed by atoms with van der Waals surface area (Å²) >= 11 is 5.62. The molecule has 2 N–H and O–H groups in total. The molecule has 2 atom stereocenters. The quantitative estimate of drug-likeness (QED) is 0.885. The van der Waals surface area contributed by atoms with Crippen molar-refractivity contribution in [1.82, 2.24) is 9.71 Å². The molecule has 1 aliphatic carbocycles. The SMILES string of the molecule is CC1CCC(NS(=O)(=O)c2c[nH]c(=O)c(Cl)c2)C1. The van der Waals surface area contributed by atoms with E-state index in [1.165, 1.54) is 6.07 Å². The third-order valence-electron chi connectivity index (χ3n) is 3.16. The maximum atomic E-state index is 12.1. The summed E-state index contributed by atoms with van der Waals surface area (Å²) in [5.41, 5.74) is -0.495. The van der Waals surface area contributed by atoms with Crippen LogP contribution in [0.2, 0.25) is 5.02 Å². The molecule has 0 spiro atoms. The fourth-order valence-electron chi connectivity index (χ4n) is 2.19. The van der Waals surface area contributed by atoms with Crippen molar-refractivity contribution in [1.29, 1.82) is 0 Å². The van der Waals surface area contributed by atoms with E-state index in [0.717, 1.165) is 25.5 Å². The molecule has 2 rings (SSSR count). The molecule has 5 nitrogen and oxygen atoms in total. The normalized spacial score (nSPS) is 24.3. The highest BCUT2D eigenvalue weighted by Crippen LogP contribution is 2.26. The molecular formula is C11H15ClN2O3S. The van der Waals surface area contributed by atoms with Crippen LogP contribution in [0.1, 0.15) is 26.2 Å². The van der Waals surface area contributed by atoms with Crippen LogP contribution in [-0.4, -0.2) is 19.4 Å². The van der Waals surface area contributed by atoms with E-state index in [2.05, 4.69) is 16.6 Å². The summed E-state index contributed by atoms with van der Waals surface area (Å²) in [6, 6.07) is 1.14. The average Bonchev–Trinajstić information content (AvgIpc) is 2.67. The number of aromatic nitrogens is 1. The van der Waals surface area contributed by atoms with Gasteiger partial charge in [0, 0.05) is 12.2 Å². The number of aromatic amines is 1. The Kier molecular flexibility index (Phi) is 3.79. The van der Waals surface area contributed by atoms with E-state index in [4.69, 9.17) is 11.6 Å². The van der Waals surface area contributed by atoms with Gasteiger partial charge in [0.1, 0.15) is 5.02 Å². The summed E-state index contributed by atoms with van der Waals surface area (Å²) in [4.78, 5) is 13.4. The first-order chi connectivity index (χ1) is 8.38. The van der Waals surface area contributed by atoms with Crippen molar-refractivity contribution in [2.75, 3.05) is 0 Å². The van der Waals surface area contributed by atoms with Gasteiger partial charge in [-0.2, -0.15) is 0 Å². The van der Waals surface area contributed by atoms with Gasteiger partial charge in [-0.25, -0.2) is 13.1 Å². The maximum absolute atomic E-state index is 12.1. The lowest BCUT2D eigenvalue weighted by molar-refractivity contribution is 0.538. The van der Waals surface area contributed by atoms with E-state index in [1.54, 1.807) is 0 Å². The molecule has 18 heavy (non-hydrogen) atoms. The Balaban J connectivity index is 2.20. The molecule has 0 saturated heterocycles. The van der Waals surface area contributed by atoms with Crippen LogP contribution in [0.25, 0.3) is 0 Å². The second-order valence-corrected chi connectivity index (χ2v) is 6.87. The molecule has 100 valence electrons. The topological polar surface area (TPSA) is 79.0 Å². The first-order valence-corrected chi connectivity index (χ1v) is 7.65. The van der Waals surface area contributed by atoms with Gasteiger partial charge in [-0.05, 0) is 31.2 Å². The number of sulfonamides is 1. The largest absolute Gasteiger partial charge is 0.326 e. The molecule has 1 aromatic heterocycles. The highest BCUT2D eigenvalue weighted by molar-refractivity contribution is 7.89. The van der Waals surface area contributed by atoms with Crippen LogP contribution >= 0.6 is 11.6 Å². The number of pyridine rings is 1. The molecule has 7 heteroatoms. The van der Waals surface area contributed by atoms with Crippen LogP contribution in [0.15, 0.2) is 22.0 Å². The second-order valence-electron chi connectivity index (χ2n) is 4.75. The van der Waals surface area contributed by atoms with E-state index in [1.807, 2.05) is 0 Å². The van der Waals surface area contributed by atoms with E-state index in [0.29, 0.717) is 5.92 Å². The van der Waals surface area contributed by atoms with Crippen LogP contribution in [0.3, 0.4) is 0 Å². The van der Waals surface area contributed by atoms with Crippen molar-refractivity contribution in [3.63, 3.8) is 0 Å². The number of hydrogen-bond donors (Lipinski definition) is 2. The van der Waals surface area contributed by atoms with E-state index in [-0.39, 0.29) is 16.0 Å². The average molecular weight is 291 g/mol. The van der Waals surface area contributed by atoms with Crippen LogP contribution < -0.4 is 10.3 Å². The Bertz CT molecular complexity index is 597. The molecule has 1 heterocycles. The molecule has 1 fully saturated rings. The summed E-state index contributed by atoms with van der Waals surface area (Å²) < 4.78 is 26.8. The van der Waals surface area contributed by atoms with Gasteiger partial charge in [-0.3, -0.25) is 4.79 Å². The zero-order chi connectivity index (χ0) is 13.3. The fourth-order valence-corrected chi connectivity index (χ4v) is 3.71. The zero-order valence-corrected chi connectivity index (χ0v) is 11.5. The van der Waals surface area contributed by atoms with Gasteiger partial charge in [0.25, 0.3) is 5.56 Å². The number of H-pyrrole nitrogens is 1. The number of rotatable bonds is 3. The number of halogens is 1. The van der Waals surface area contributed by atoms with Crippen molar-refractivity contribution in [3.05, 3.63) is 27.6 Å². The highest BCUT2D eigenvalue weighted by atomic mass is 35.5. The summed E-state index contributed by atoms with van der Waals surface area (Å²) in [6.45, 7) is 2.10. The third-order valence-corrected chi connectivity index (χ3v) is 4.94. The summed E-state index contributed by atoms with van der Waals surface area (Å²) in [6.07, 6.45) is 3.88. The Morgan fingerprint density at radius 3 is 2.72 bits per heavy atom. The Hall–Kier alpha value is -0.850. The first kappa shape index (κ1) is 13.6. The summed E-state index contributed by atoms with van der Waals surface area (Å²) in [7, 11) is -3.61. The van der Waals surface area contributed by atoms with Gasteiger partial charge in [0.15, 0.2) is 0 Å². The van der Waals surface area contributed by atoms with Gasteiger partial charge < -0.3 is 4.98 Å². The summed E-state index contributed by atoms with van der Waals surface area (Å²) in [5.74, 6) is 0.539. The lowest BCUT2D eigenvalue weighted by Gasteiger charge is -2.12. The molecule has 1 saturated carbocycles. The van der Waals surface area contributed by atoms with Gasteiger partial charge in [-0.15, -0.1) is 0 Å². The van der Waals surface area contributed by atoms with E-state index >= 15 is 0 Å². The molecule has 1 aliphatic rings. The molecule has 0 amide bonds. The molecule has 0 radical (unpaired) electrons. The Labute approximate surface area is 111 Å². The lowest BCUT2D eigenvalue weighted by Crippen LogP contribution is -2.33. The van der Waals surface area contributed by atoms with Crippen molar-refractivity contribution < 1.29 is 8.42 Å². The Morgan fingerprint density at radius 2 is 2.17 bits per heavy atom. The monoisotopic (exact) mass is 290 g/mol. The minimum Gasteiger partial charge on any atom is -0.326 e. The molecular weight excluding hydrogens is 276 g/mol. The van der Waals surface area contributed by atoms with Crippen molar-refractivity contribution >= 4 is 21.6 Å². The molecule has 0 bridgehead atoms. The second kappa shape index (κ2) is 5.03. The standard InChI is InChI=1S/C11H15ClN2O3S/c1-7-2-3-8(4-7)14-18(16,17)9-5-10(12)11(15)13-6-9/h5-8,14H,2-4H2,1H3,(H,13,15). The van der Waals surface area contributed by atoms with Crippen molar-refractivity contribution in [2.45, 2.75) is 37.1 Å². The van der Waals surface area contributed by atoms with E-state index < -0.39 is 15.6 Å². The zero-order valence-electron chi connectivity index (χ0n) is 9.94. The molecule has 1 aromatic rings. The van der Waals surface area contributed by atoms with Crippen molar-refractivity contribution in [2.24, 2.45) is 5.92 Å². The Morgan fingerprint density at radius 1 is 1.44 bits per heavy atom. The predicted molar refractivity (Wildman–Crippen MR) is 69.2 cm³/mol. The van der Waals surface area contributed by atoms with Gasteiger partial charge in [0.2, 0.25) is 10.0 Å².